The molecule has 0 unspecified atom stereocenters. The summed E-state index contributed by atoms with van der Waals surface area (Å²) in [6.07, 6.45) is 2.21. The fraction of sp³-hybridized carbons (Fsp3) is 0.370. The minimum absolute atomic E-state index is 0.143. The first-order chi connectivity index (χ1) is 17.2. The van der Waals surface area contributed by atoms with E-state index in [9.17, 15) is 4.79 Å². The third kappa shape index (κ3) is 5.54. The number of carbonyl (C=O) groups is 1. The van der Waals surface area contributed by atoms with Crippen molar-refractivity contribution in [3.8, 4) is 17.0 Å². The summed E-state index contributed by atoms with van der Waals surface area (Å²) in [5, 5.41) is 0. The summed E-state index contributed by atoms with van der Waals surface area (Å²) in [6, 6.07) is 18.1. The van der Waals surface area contributed by atoms with Crippen LogP contribution in [0.15, 0.2) is 60.8 Å². The van der Waals surface area contributed by atoms with Gasteiger partial charge in [0, 0.05) is 56.7 Å². The largest absolute Gasteiger partial charge is 0.497 e. The maximum Gasteiger partial charge on any atom is 0.227 e. The standard InChI is InChI=1S/C27H31N5O3/c1-34-24-8-2-21(3-9-24)20-26(33)31-12-14-32(15-13-31)27-28-11-10-25(29-27)22-4-6-23(7-5-22)30-16-18-35-19-17-30/h2-11H,12-20H2,1H3. The summed E-state index contributed by atoms with van der Waals surface area (Å²) in [6.45, 7) is 6.15. The number of aromatic nitrogens is 2. The second kappa shape index (κ2) is 10.7. The van der Waals surface area contributed by atoms with E-state index in [1.807, 2.05) is 41.4 Å². The molecular weight excluding hydrogens is 442 g/mol. The second-order valence-corrected chi connectivity index (χ2v) is 8.78. The van der Waals surface area contributed by atoms with Gasteiger partial charge in [0.2, 0.25) is 11.9 Å². The number of hydrogen-bond donors (Lipinski definition) is 0. The number of anilines is 2. The number of methoxy groups -OCH3 is 1. The smallest absolute Gasteiger partial charge is 0.227 e. The third-order valence-electron chi connectivity index (χ3n) is 6.61. The summed E-state index contributed by atoms with van der Waals surface area (Å²) in [4.78, 5) is 28.5. The summed E-state index contributed by atoms with van der Waals surface area (Å²) in [5.41, 5.74) is 4.18. The Bertz CT molecular complexity index is 1120. The van der Waals surface area contributed by atoms with E-state index < -0.39 is 0 Å². The monoisotopic (exact) mass is 473 g/mol. The first-order valence-corrected chi connectivity index (χ1v) is 12.1. The lowest BCUT2D eigenvalue weighted by molar-refractivity contribution is -0.130. The molecule has 0 spiro atoms. The van der Waals surface area contributed by atoms with Crippen molar-refractivity contribution < 1.29 is 14.3 Å². The Morgan fingerprint density at radius 1 is 0.886 bits per heavy atom. The Hall–Kier alpha value is -3.65. The van der Waals surface area contributed by atoms with E-state index in [-0.39, 0.29) is 5.91 Å². The van der Waals surface area contributed by atoms with Crippen LogP contribution in [0, 0.1) is 0 Å². The van der Waals surface area contributed by atoms with Gasteiger partial charge in [-0.25, -0.2) is 9.97 Å². The van der Waals surface area contributed by atoms with Crippen LogP contribution in [0.2, 0.25) is 0 Å². The molecule has 1 aromatic heterocycles. The maximum atomic E-state index is 12.8. The number of piperazine rings is 1. The van der Waals surface area contributed by atoms with Crippen molar-refractivity contribution in [3.63, 3.8) is 0 Å². The highest BCUT2D eigenvalue weighted by Crippen LogP contribution is 2.24. The number of ether oxygens (including phenoxy) is 2. The van der Waals surface area contributed by atoms with E-state index in [1.54, 1.807) is 7.11 Å². The number of benzene rings is 2. The van der Waals surface area contributed by atoms with Crippen LogP contribution in [0.3, 0.4) is 0 Å². The van der Waals surface area contributed by atoms with Gasteiger partial charge in [-0.05, 0) is 35.9 Å². The van der Waals surface area contributed by atoms with Gasteiger partial charge < -0.3 is 24.2 Å². The lowest BCUT2D eigenvalue weighted by atomic mass is 10.1. The van der Waals surface area contributed by atoms with Crippen LogP contribution in [0.4, 0.5) is 11.6 Å². The topological polar surface area (TPSA) is 71.0 Å². The Morgan fingerprint density at radius 3 is 2.29 bits per heavy atom. The van der Waals surface area contributed by atoms with Gasteiger partial charge in [0.25, 0.3) is 0 Å². The zero-order chi connectivity index (χ0) is 24.0. The average Bonchev–Trinajstić information content (AvgIpc) is 2.94. The SMILES string of the molecule is COc1ccc(CC(=O)N2CCN(c3nccc(-c4ccc(N5CCOCC5)cc4)n3)CC2)cc1. The van der Waals surface area contributed by atoms with Crippen molar-refractivity contribution in [2.24, 2.45) is 0 Å². The molecule has 0 N–H and O–H groups in total. The molecule has 2 fully saturated rings. The molecule has 2 saturated heterocycles. The Kier molecular flexibility index (Phi) is 7.09. The second-order valence-electron chi connectivity index (χ2n) is 8.78. The van der Waals surface area contributed by atoms with Gasteiger partial charge in [-0.1, -0.05) is 24.3 Å². The first-order valence-electron chi connectivity index (χ1n) is 12.1. The quantitative estimate of drug-likeness (QED) is 0.545. The summed E-state index contributed by atoms with van der Waals surface area (Å²) >= 11 is 0. The molecule has 0 radical (unpaired) electrons. The van der Waals surface area contributed by atoms with Crippen LogP contribution in [0.1, 0.15) is 5.56 Å². The molecule has 182 valence electrons. The van der Waals surface area contributed by atoms with Gasteiger partial charge >= 0.3 is 0 Å². The highest BCUT2D eigenvalue weighted by atomic mass is 16.5. The number of hydrogen-bond acceptors (Lipinski definition) is 7. The van der Waals surface area contributed by atoms with Crippen molar-refractivity contribution in [1.82, 2.24) is 14.9 Å². The Balaban J connectivity index is 1.18. The highest BCUT2D eigenvalue weighted by molar-refractivity contribution is 5.79. The number of nitrogens with zero attached hydrogens (tertiary/aromatic N) is 5. The third-order valence-corrected chi connectivity index (χ3v) is 6.61. The van der Waals surface area contributed by atoms with Crippen molar-refractivity contribution >= 4 is 17.5 Å². The molecule has 2 aliphatic rings. The van der Waals surface area contributed by atoms with Crippen LogP contribution < -0.4 is 14.5 Å². The molecule has 5 rings (SSSR count). The molecule has 2 aliphatic heterocycles. The van der Waals surface area contributed by atoms with Gasteiger partial charge in [0.05, 0.1) is 32.4 Å². The van der Waals surface area contributed by atoms with Crippen molar-refractivity contribution in [2.45, 2.75) is 6.42 Å². The Morgan fingerprint density at radius 2 is 1.60 bits per heavy atom. The van der Waals surface area contributed by atoms with Gasteiger partial charge in [-0.3, -0.25) is 4.79 Å². The number of carbonyl (C=O) groups excluding carboxylic acids is 1. The minimum atomic E-state index is 0.143. The van der Waals surface area contributed by atoms with E-state index in [0.717, 1.165) is 48.9 Å². The molecule has 0 saturated carbocycles. The van der Waals surface area contributed by atoms with Crippen LogP contribution in [0.25, 0.3) is 11.3 Å². The molecule has 2 aromatic carbocycles. The van der Waals surface area contributed by atoms with Crippen LogP contribution in [-0.4, -0.2) is 80.4 Å². The van der Waals surface area contributed by atoms with Gasteiger partial charge in [0.1, 0.15) is 5.75 Å². The molecule has 3 heterocycles. The lowest BCUT2D eigenvalue weighted by Crippen LogP contribution is -2.49. The van der Waals surface area contributed by atoms with Crippen LogP contribution >= 0.6 is 0 Å². The number of rotatable bonds is 6. The van der Waals surface area contributed by atoms with E-state index in [2.05, 4.69) is 39.0 Å². The zero-order valence-electron chi connectivity index (χ0n) is 20.1. The first kappa shape index (κ1) is 23.1. The van der Waals surface area contributed by atoms with Crippen molar-refractivity contribution in [3.05, 3.63) is 66.4 Å². The van der Waals surface area contributed by atoms with Gasteiger partial charge in [-0.15, -0.1) is 0 Å². The molecule has 3 aromatic rings. The molecule has 8 nitrogen and oxygen atoms in total. The fourth-order valence-corrected chi connectivity index (χ4v) is 4.51. The van der Waals surface area contributed by atoms with Crippen molar-refractivity contribution in [2.75, 3.05) is 69.4 Å². The molecule has 8 heteroatoms. The van der Waals surface area contributed by atoms with Crippen LogP contribution in [0.5, 0.6) is 5.75 Å². The molecule has 0 atom stereocenters. The Labute approximate surface area is 206 Å². The van der Waals surface area contributed by atoms with E-state index in [0.29, 0.717) is 38.5 Å². The molecule has 0 aliphatic carbocycles. The van der Waals surface area contributed by atoms with Gasteiger partial charge in [0.15, 0.2) is 0 Å². The predicted molar refractivity (Wildman–Crippen MR) is 136 cm³/mol. The zero-order valence-corrected chi connectivity index (χ0v) is 20.1. The summed E-state index contributed by atoms with van der Waals surface area (Å²) in [5.74, 6) is 1.65. The van der Waals surface area contributed by atoms with E-state index >= 15 is 0 Å². The number of amides is 1. The van der Waals surface area contributed by atoms with Gasteiger partial charge in [-0.2, -0.15) is 0 Å². The summed E-state index contributed by atoms with van der Waals surface area (Å²) < 4.78 is 10.6. The highest BCUT2D eigenvalue weighted by Gasteiger charge is 2.23. The lowest BCUT2D eigenvalue weighted by Gasteiger charge is -2.35. The van der Waals surface area contributed by atoms with Crippen molar-refractivity contribution in [1.29, 1.82) is 0 Å². The minimum Gasteiger partial charge on any atom is -0.497 e. The molecule has 1 amide bonds. The predicted octanol–water partition coefficient (Wildman–Crippen LogP) is 2.88. The molecule has 35 heavy (non-hydrogen) atoms. The van der Waals surface area contributed by atoms with E-state index in [1.165, 1.54) is 5.69 Å². The fourth-order valence-electron chi connectivity index (χ4n) is 4.51. The number of morpholine rings is 1. The summed E-state index contributed by atoms with van der Waals surface area (Å²) in [7, 11) is 1.64. The maximum absolute atomic E-state index is 12.8. The molecular formula is C27H31N5O3. The normalized spacial score (nSPS) is 16.3. The molecule has 0 bridgehead atoms. The van der Waals surface area contributed by atoms with E-state index in [4.69, 9.17) is 14.5 Å². The average molecular weight is 474 g/mol. The van der Waals surface area contributed by atoms with Crippen LogP contribution in [-0.2, 0) is 16.0 Å².